The van der Waals surface area contributed by atoms with Gasteiger partial charge in [-0.3, -0.25) is 0 Å². The van der Waals surface area contributed by atoms with Crippen molar-refractivity contribution in [1.82, 2.24) is 0 Å². The van der Waals surface area contributed by atoms with Crippen LogP contribution in [-0.2, 0) is 48.2 Å². The SMILES string of the molecule is O=C1O[C@H]([C@@H](O)CO)C(OS(=O)(=O)[O-])=C1O.O=C1O[C@H]([C@@H](O)CO)C(OS(=O)(=O)[O-])=C1O.[Na+].[Na+]. The van der Waals surface area contributed by atoms with Crippen molar-refractivity contribution in [1.29, 1.82) is 0 Å². The molecule has 34 heavy (non-hydrogen) atoms. The van der Waals surface area contributed by atoms with E-state index in [1.54, 1.807) is 0 Å². The van der Waals surface area contributed by atoms with E-state index < -0.39 is 93.4 Å². The fourth-order valence-corrected chi connectivity index (χ4v) is 2.80. The standard InChI is InChI=1S/2C6H8O9S.2Na/c2*7-1-2(8)4-5(15-16(11,12)13)3(9)6(10)14-4;;/h2*2,4,7-9H,1H2,(H,11,12,13);;/q;;2*+1/p-2/t2*2-,4+;;/m00../s1. The molecule has 0 saturated heterocycles. The molecule has 2 aliphatic rings. The second-order valence-corrected chi connectivity index (χ2v) is 7.53. The monoisotopic (exact) mass is 556 g/mol. The zero-order valence-corrected chi connectivity index (χ0v) is 22.8. The van der Waals surface area contributed by atoms with Gasteiger partial charge in [0, 0.05) is 0 Å². The zero-order chi connectivity index (χ0) is 25.0. The first-order valence-electron chi connectivity index (χ1n) is 7.69. The summed E-state index contributed by atoms with van der Waals surface area (Å²) in [5, 5.41) is 53.4. The van der Waals surface area contributed by atoms with Crippen molar-refractivity contribution in [2.45, 2.75) is 24.4 Å². The van der Waals surface area contributed by atoms with Gasteiger partial charge < -0.3 is 57.6 Å². The van der Waals surface area contributed by atoms with Gasteiger partial charge in [-0.2, -0.15) is 0 Å². The molecular weight excluding hydrogens is 542 g/mol. The molecule has 0 radical (unpaired) electrons. The predicted molar refractivity (Wildman–Crippen MR) is 86.8 cm³/mol. The Balaban J connectivity index is 0. The summed E-state index contributed by atoms with van der Waals surface area (Å²) in [4.78, 5) is 21.6. The second-order valence-electron chi connectivity index (χ2n) is 5.56. The maximum absolute atomic E-state index is 10.8. The molecule has 0 amide bonds. The van der Waals surface area contributed by atoms with Crippen LogP contribution in [-0.4, -0.2) is 106 Å². The maximum atomic E-state index is 10.8. The Hall–Kier alpha value is -0.720. The van der Waals surface area contributed by atoms with Gasteiger partial charge in [-0.1, -0.05) is 0 Å². The van der Waals surface area contributed by atoms with E-state index >= 15 is 0 Å². The summed E-state index contributed by atoms with van der Waals surface area (Å²) in [6.07, 6.45) is -6.90. The molecule has 0 saturated carbocycles. The smallest absolute Gasteiger partial charge is 0.716 e. The van der Waals surface area contributed by atoms with Gasteiger partial charge in [0.25, 0.3) is 20.8 Å². The summed E-state index contributed by atoms with van der Waals surface area (Å²) in [6.45, 7) is -1.78. The fraction of sp³-hybridized carbons (Fsp3) is 0.500. The van der Waals surface area contributed by atoms with Crippen LogP contribution in [0.4, 0.5) is 0 Å². The second kappa shape index (κ2) is 14.1. The Bertz CT molecular complexity index is 936. The molecule has 0 spiro atoms. The predicted octanol–water partition coefficient (Wildman–Crippen LogP) is -11.0. The van der Waals surface area contributed by atoms with Crippen LogP contribution in [0.3, 0.4) is 0 Å². The van der Waals surface area contributed by atoms with Crippen molar-refractivity contribution >= 4 is 32.7 Å². The molecule has 0 aromatic carbocycles. The first-order chi connectivity index (χ1) is 14.5. The number of carbonyl (C=O) groups excluding carboxylic acids is 2. The molecule has 2 rings (SSSR count). The molecule has 18 nitrogen and oxygen atoms in total. The molecule has 2 heterocycles. The van der Waals surface area contributed by atoms with Gasteiger partial charge in [-0.05, 0) is 0 Å². The Morgan fingerprint density at radius 2 is 1.03 bits per heavy atom. The van der Waals surface area contributed by atoms with Crippen LogP contribution in [0, 0.1) is 0 Å². The van der Waals surface area contributed by atoms with Gasteiger partial charge in [-0.25, -0.2) is 26.4 Å². The van der Waals surface area contributed by atoms with Crippen molar-refractivity contribution in [2.24, 2.45) is 0 Å². The maximum Gasteiger partial charge on any atom is 1.00 e. The Morgan fingerprint density at radius 3 is 1.24 bits per heavy atom. The largest absolute Gasteiger partial charge is 1.00 e. The molecular formula is C12H14Na2O18S2. The third kappa shape index (κ3) is 10.1. The van der Waals surface area contributed by atoms with Crippen LogP contribution in [0.5, 0.6) is 0 Å². The average molecular weight is 556 g/mol. The molecule has 0 fully saturated rings. The molecule has 0 unspecified atom stereocenters. The molecule has 2 aliphatic heterocycles. The van der Waals surface area contributed by atoms with Gasteiger partial charge in [0.05, 0.1) is 13.2 Å². The van der Waals surface area contributed by atoms with Crippen LogP contribution < -0.4 is 59.1 Å². The third-order valence-electron chi connectivity index (χ3n) is 3.30. The van der Waals surface area contributed by atoms with Gasteiger partial charge in [0.1, 0.15) is 12.2 Å². The number of esters is 2. The van der Waals surface area contributed by atoms with Gasteiger partial charge in [-0.15, -0.1) is 0 Å². The summed E-state index contributed by atoms with van der Waals surface area (Å²) in [5.41, 5.74) is 0. The van der Waals surface area contributed by atoms with Crippen molar-refractivity contribution in [3.05, 3.63) is 23.0 Å². The zero-order valence-electron chi connectivity index (χ0n) is 17.1. The van der Waals surface area contributed by atoms with Crippen LogP contribution >= 0.6 is 0 Å². The molecule has 0 aromatic heterocycles. The molecule has 0 bridgehead atoms. The van der Waals surface area contributed by atoms with E-state index in [1.165, 1.54) is 0 Å². The first-order valence-corrected chi connectivity index (χ1v) is 10.4. The number of rotatable bonds is 8. The number of carbonyl (C=O) groups is 2. The topological polar surface area (TPSA) is 307 Å². The molecule has 184 valence electrons. The van der Waals surface area contributed by atoms with E-state index in [1.807, 2.05) is 0 Å². The van der Waals surface area contributed by atoms with E-state index in [0.717, 1.165) is 0 Å². The van der Waals surface area contributed by atoms with Crippen molar-refractivity contribution in [3.8, 4) is 0 Å². The number of aliphatic hydroxyl groups is 6. The minimum Gasteiger partial charge on any atom is -0.716 e. The van der Waals surface area contributed by atoms with E-state index in [-0.39, 0.29) is 59.1 Å². The van der Waals surface area contributed by atoms with E-state index in [9.17, 15) is 35.5 Å². The average Bonchev–Trinajstić information content (AvgIpc) is 3.10. The molecule has 6 N–H and O–H groups in total. The Morgan fingerprint density at radius 1 is 0.765 bits per heavy atom. The Labute approximate surface area is 234 Å². The summed E-state index contributed by atoms with van der Waals surface area (Å²) in [5.74, 6) is -7.29. The molecule has 22 heteroatoms. The summed E-state index contributed by atoms with van der Waals surface area (Å²) in [7, 11) is -10.5. The molecule has 0 aliphatic carbocycles. The van der Waals surface area contributed by atoms with Crippen LogP contribution in [0.15, 0.2) is 23.0 Å². The van der Waals surface area contributed by atoms with Crippen molar-refractivity contribution in [2.75, 3.05) is 13.2 Å². The number of ether oxygens (including phenoxy) is 2. The van der Waals surface area contributed by atoms with Crippen LogP contribution in [0.2, 0.25) is 0 Å². The normalized spacial score (nSPS) is 21.8. The van der Waals surface area contributed by atoms with Gasteiger partial charge in [0.2, 0.25) is 23.0 Å². The summed E-state index contributed by atoms with van der Waals surface area (Å²) >= 11 is 0. The van der Waals surface area contributed by atoms with Gasteiger partial charge >= 0.3 is 71.1 Å². The van der Waals surface area contributed by atoms with Crippen molar-refractivity contribution in [3.63, 3.8) is 0 Å². The number of hydrogen-bond donors (Lipinski definition) is 6. The Kier molecular flexibility index (Phi) is 14.7. The summed E-state index contributed by atoms with van der Waals surface area (Å²) < 4.78 is 77.6. The third-order valence-corrected chi connectivity index (χ3v) is 4.06. The number of hydrogen-bond acceptors (Lipinski definition) is 18. The van der Waals surface area contributed by atoms with Crippen molar-refractivity contribution < 1.29 is 143 Å². The number of aliphatic hydroxyl groups excluding tert-OH is 6. The first kappa shape index (κ1) is 35.4. The minimum atomic E-state index is -5.23. The van der Waals surface area contributed by atoms with E-state index in [4.69, 9.17) is 30.6 Å². The molecule has 0 aromatic rings. The minimum absolute atomic E-state index is 0. The fourth-order valence-electron chi connectivity index (χ4n) is 2.01. The molecule has 4 atom stereocenters. The van der Waals surface area contributed by atoms with E-state index in [2.05, 4.69) is 17.8 Å². The number of cyclic esters (lactones) is 2. The van der Waals surface area contributed by atoms with Crippen LogP contribution in [0.25, 0.3) is 0 Å². The van der Waals surface area contributed by atoms with Crippen LogP contribution in [0.1, 0.15) is 0 Å². The van der Waals surface area contributed by atoms with Gasteiger partial charge in [0.15, 0.2) is 12.2 Å². The van der Waals surface area contributed by atoms with E-state index in [0.29, 0.717) is 0 Å². The quantitative estimate of drug-likeness (QED) is 0.0699. The summed E-state index contributed by atoms with van der Waals surface area (Å²) in [6, 6.07) is 0.